The third kappa shape index (κ3) is 8.73. The second-order valence-electron chi connectivity index (χ2n) is 9.88. The quantitative estimate of drug-likeness (QED) is 0.199. The number of carbonyl (C=O) groups excluding carboxylic acids is 2. The van der Waals surface area contributed by atoms with Gasteiger partial charge in [-0.3, -0.25) is 14.6 Å². The van der Waals surface area contributed by atoms with Gasteiger partial charge in [0.2, 0.25) is 0 Å². The lowest BCUT2D eigenvalue weighted by Crippen LogP contribution is -2.48. The average molecular weight is 553 g/mol. The standard InChI is InChI=1S/C33H36N4O4/c1-23(28-14-8-16-34-21-28)36-32(39)26-12-7-13-27(19-26)33(40)37-30(18-24-9-4-3-5-10-24)31(38)22-35-20-25-11-6-15-29(17-25)41-2/h3-17,19,21,23,30-31,35,38H,18,20,22H2,1-2H3,(H,36,39)(H,37,40). The van der Waals surface area contributed by atoms with Crippen LogP contribution in [0.1, 0.15) is 50.4 Å². The van der Waals surface area contributed by atoms with E-state index in [1.165, 1.54) is 0 Å². The molecular weight excluding hydrogens is 516 g/mol. The number of nitrogens with one attached hydrogen (secondary N) is 3. The summed E-state index contributed by atoms with van der Waals surface area (Å²) in [6.45, 7) is 2.68. The van der Waals surface area contributed by atoms with E-state index >= 15 is 0 Å². The van der Waals surface area contributed by atoms with E-state index in [-0.39, 0.29) is 24.4 Å². The molecule has 0 spiro atoms. The van der Waals surface area contributed by atoms with Crippen LogP contribution >= 0.6 is 0 Å². The number of benzene rings is 3. The van der Waals surface area contributed by atoms with E-state index in [1.54, 1.807) is 43.8 Å². The fourth-order valence-corrected chi connectivity index (χ4v) is 4.49. The van der Waals surface area contributed by atoms with Crippen LogP contribution in [-0.2, 0) is 13.0 Å². The summed E-state index contributed by atoms with van der Waals surface area (Å²) in [6, 6.07) is 26.9. The second-order valence-corrected chi connectivity index (χ2v) is 9.88. The topological polar surface area (TPSA) is 113 Å². The Labute approximate surface area is 240 Å². The molecule has 212 valence electrons. The van der Waals surface area contributed by atoms with Gasteiger partial charge in [-0.05, 0) is 66.4 Å². The van der Waals surface area contributed by atoms with Crippen LogP contribution in [0, 0.1) is 0 Å². The number of pyridine rings is 1. The highest BCUT2D eigenvalue weighted by atomic mass is 16.5. The second kappa shape index (κ2) is 14.7. The van der Waals surface area contributed by atoms with Crippen LogP contribution in [0.15, 0.2) is 103 Å². The predicted molar refractivity (Wildman–Crippen MR) is 159 cm³/mol. The van der Waals surface area contributed by atoms with Crippen molar-refractivity contribution in [3.05, 3.63) is 131 Å². The van der Waals surface area contributed by atoms with Gasteiger partial charge in [0, 0.05) is 36.6 Å². The van der Waals surface area contributed by atoms with Gasteiger partial charge in [0.25, 0.3) is 11.8 Å². The van der Waals surface area contributed by atoms with Crippen molar-refractivity contribution < 1.29 is 19.4 Å². The minimum atomic E-state index is -0.864. The summed E-state index contributed by atoms with van der Waals surface area (Å²) >= 11 is 0. The van der Waals surface area contributed by atoms with Gasteiger partial charge in [-0.25, -0.2) is 0 Å². The minimum Gasteiger partial charge on any atom is -0.497 e. The van der Waals surface area contributed by atoms with E-state index in [0.29, 0.717) is 24.1 Å². The van der Waals surface area contributed by atoms with Crippen molar-refractivity contribution in [1.82, 2.24) is 20.9 Å². The maximum atomic E-state index is 13.3. The summed E-state index contributed by atoms with van der Waals surface area (Å²) < 4.78 is 5.28. The smallest absolute Gasteiger partial charge is 0.251 e. The number of aliphatic hydroxyl groups is 1. The van der Waals surface area contributed by atoms with Gasteiger partial charge in [-0.2, -0.15) is 0 Å². The molecule has 8 heteroatoms. The molecule has 3 unspecified atom stereocenters. The normalized spacial score (nSPS) is 13.0. The summed E-state index contributed by atoms with van der Waals surface area (Å²) in [4.78, 5) is 30.4. The van der Waals surface area contributed by atoms with Crippen LogP contribution in [0.5, 0.6) is 5.75 Å². The third-order valence-corrected chi connectivity index (χ3v) is 6.82. The number of carbonyl (C=O) groups is 2. The Kier molecular flexibility index (Phi) is 10.6. The van der Waals surface area contributed by atoms with Crippen LogP contribution in [0.3, 0.4) is 0 Å². The highest BCUT2D eigenvalue weighted by Crippen LogP contribution is 2.15. The first-order valence-corrected chi connectivity index (χ1v) is 13.6. The van der Waals surface area contributed by atoms with Crippen molar-refractivity contribution in [2.24, 2.45) is 0 Å². The Bertz CT molecular complexity index is 1420. The lowest BCUT2D eigenvalue weighted by atomic mass is 10.00. The van der Waals surface area contributed by atoms with Crippen molar-refractivity contribution in [1.29, 1.82) is 0 Å². The molecule has 3 aromatic carbocycles. The number of aliphatic hydroxyl groups excluding tert-OH is 1. The molecule has 0 saturated carbocycles. The molecule has 1 heterocycles. The van der Waals surface area contributed by atoms with Gasteiger partial charge in [0.05, 0.1) is 25.3 Å². The molecule has 4 aromatic rings. The summed E-state index contributed by atoms with van der Waals surface area (Å²) in [5.41, 5.74) is 3.59. The molecule has 8 nitrogen and oxygen atoms in total. The average Bonchev–Trinajstić information content (AvgIpc) is 3.01. The van der Waals surface area contributed by atoms with E-state index in [9.17, 15) is 14.7 Å². The molecular formula is C33H36N4O4. The SMILES string of the molecule is COc1cccc(CNCC(O)C(Cc2ccccc2)NC(=O)c2cccc(C(=O)NC(C)c3cccnc3)c2)c1. The van der Waals surface area contributed by atoms with E-state index in [2.05, 4.69) is 20.9 Å². The van der Waals surface area contributed by atoms with Crippen molar-refractivity contribution in [2.45, 2.75) is 38.1 Å². The largest absolute Gasteiger partial charge is 0.497 e. The molecule has 41 heavy (non-hydrogen) atoms. The Hall–Kier alpha value is -4.53. The number of amides is 2. The van der Waals surface area contributed by atoms with Crippen LogP contribution in [0.25, 0.3) is 0 Å². The first kappa shape index (κ1) is 29.5. The zero-order valence-electron chi connectivity index (χ0n) is 23.3. The molecule has 0 bridgehead atoms. The molecule has 3 atom stereocenters. The molecule has 0 saturated heterocycles. The predicted octanol–water partition coefficient (Wildman–Crippen LogP) is 4.07. The van der Waals surface area contributed by atoms with Crippen molar-refractivity contribution in [3.8, 4) is 5.75 Å². The molecule has 0 radical (unpaired) electrons. The van der Waals surface area contributed by atoms with Crippen molar-refractivity contribution in [3.63, 3.8) is 0 Å². The molecule has 4 rings (SSSR count). The lowest BCUT2D eigenvalue weighted by Gasteiger charge is -2.25. The number of ether oxygens (including phenoxy) is 1. The Morgan fingerprint density at radius 2 is 1.56 bits per heavy atom. The number of rotatable bonds is 13. The van der Waals surface area contributed by atoms with Gasteiger partial charge in [-0.15, -0.1) is 0 Å². The number of nitrogens with zero attached hydrogens (tertiary/aromatic N) is 1. The lowest BCUT2D eigenvalue weighted by molar-refractivity contribution is 0.0830. The van der Waals surface area contributed by atoms with Crippen LogP contribution in [0.4, 0.5) is 0 Å². The highest BCUT2D eigenvalue weighted by Gasteiger charge is 2.23. The number of hydrogen-bond donors (Lipinski definition) is 4. The molecule has 0 aliphatic rings. The number of aromatic nitrogens is 1. The Morgan fingerprint density at radius 1 is 0.854 bits per heavy atom. The van der Waals surface area contributed by atoms with Crippen LogP contribution in [-0.4, -0.2) is 47.7 Å². The first-order valence-electron chi connectivity index (χ1n) is 13.6. The third-order valence-electron chi connectivity index (χ3n) is 6.82. The minimum absolute atomic E-state index is 0.247. The van der Waals surface area contributed by atoms with Crippen LogP contribution < -0.4 is 20.7 Å². The molecule has 4 N–H and O–H groups in total. The maximum absolute atomic E-state index is 13.3. The fraction of sp³-hybridized carbons (Fsp3) is 0.242. The van der Waals surface area contributed by atoms with Gasteiger partial charge in [0.1, 0.15) is 5.75 Å². The van der Waals surface area contributed by atoms with Gasteiger partial charge < -0.3 is 25.8 Å². The monoisotopic (exact) mass is 552 g/mol. The van der Waals surface area contributed by atoms with E-state index in [4.69, 9.17) is 4.74 Å². The van der Waals surface area contributed by atoms with Crippen molar-refractivity contribution >= 4 is 11.8 Å². The highest BCUT2D eigenvalue weighted by molar-refractivity contribution is 5.99. The van der Waals surface area contributed by atoms with E-state index < -0.39 is 12.1 Å². The Balaban J connectivity index is 1.42. The molecule has 0 aliphatic carbocycles. The zero-order chi connectivity index (χ0) is 29.0. The molecule has 2 amide bonds. The summed E-state index contributed by atoms with van der Waals surface area (Å²) in [5, 5.41) is 20.3. The molecule has 0 fully saturated rings. The van der Waals surface area contributed by atoms with E-state index in [0.717, 1.165) is 22.4 Å². The van der Waals surface area contributed by atoms with Gasteiger partial charge >= 0.3 is 0 Å². The van der Waals surface area contributed by atoms with E-state index in [1.807, 2.05) is 73.7 Å². The fourth-order valence-electron chi connectivity index (χ4n) is 4.49. The van der Waals surface area contributed by atoms with Crippen molar-refractivity contribution in [2.75, 3.05) is 13.7 Å². The summed E-state index contributed by atoms with van der Waals surface area (Å²) in [7, 11) is 1.62. The van der Waals surface area contributed by atoms with Gasteiger partial charge in [-0.1, -0.05) is 54.6 Å². The first-order chi connectivity index (χ1) is 19.9. The Morgan fingerprint density at radius 3 is 2.27 bits per heavy atom. The maximum Gasteiger partial charge on any atom is 0.251 e. The van der Waals surface area contributed by atoms with Crippen LogP contribution in [0.2, 0.25) is 0 Å². The number of methoxy groups -OCH3 is 1. The summed E-state index contributed by atoms with van der Waals surface area (Å²) in [6.07, 6.45) is 2.96. The van der Waals surface area contributed by atoms with Gasteiger partial charge in [0.15, 0.2) is 0 Å². The number of hydrogen-bond acceptors (Lipinski definition) is 6. The summed E-state index contributed by atoms with van der Waals surface area (Å²) in [5.74, 6) is 0.104. The zero-order valence-corrected chi connectivity index (χ0v) is 23.3. The molecule has 1 aromatic heterocycles. The molecule has 0 aliphatic heterocycles.